The van der Waals surface area contributed by atoms with Crippen LogP contribution < -0.4 is 11.3 Å². The number of hydrogen-bond donors (Lipinski definition) is 2. The maximum atomic E-state index is 11.6. The quantitative estimate of drug-likeness (QED) is 0.669. The van der Waals surface area contributed by atoms with Crippen molar-refractivity contribution in [1.29, 1.82) is 0 Å². The predicted octanol–water partition coefficient (Wildman–Crippen LogP) is 3.74. The first-order chi connectivity index (χ1) is 9.54. The molecule has 1 aromatic heterocycles. The Balaban J connectivity index is 2.25. The molecule has 3 N–H and O–H groups in total. The topological polar surface area (TPSA) is 58.9 Å². The molecular formula is C16H13ClN2O. The van der Waals surface area contributed by atoms with E-state index >= 15 is 0 Å². The number of aromatic amines is 1. The molecule has 0 aliphatic rings. The fourth-order valence-electron chi connectivity index (χ4n) is 2.37. The zero-order valence-corrected chi connectivity index (χ0v) is 11.7. The molecule has 0 spiro atoms. The normalized spacial score (nSPS) is 10.9. The maximum Gasteiger partial charge on any atom is 0.248 e. The standard InChI is InChI=1S/C16H13ClN2O/c1-9-6-16(20)19-15-7-10(2-4-12(9)15)13-5-3-11(18)8-14(13)17/h2-8H,18H2,1H3,(H,19,20). The van der Waals surface area contributed by atoms with Crippen LogP contribution in [0.4, 0.5) is 5.69 Å². The molecule has 20 heavy (non-hydrogen) atoms. The molecule has 100 valence electrons. The minimum absolute atomic E-state index is 0.101. The van der Waals surface area contributed by atoms with Gasteiger partial charge >= 0.3 is 0 Å². The molecule has 4 heteroatoms. The molecule has 3 rings (SSSR count). The van der Waals surface area contributed by atoms with Crippen LogP contribution in [0.3, 0.4) is 0 Å². The van der Waals surface area contributed by atoms with Gasteiger partial charge in [0.25, 0.3) is 0 Å². The SMILES string of the molecule is Cc1cc(=O)[nH]c2cc(-c3ccc(N)cc3Cl)ccc12. The van der Waals surface area contributed by atoms with E-state index in [9.17, 15) is 4.79 Å². The van der Waals surface area contributed by atoms with Gasteiger partial charge in [-0.25, -0.2) is 0 Å². The fraction of sp³-hybridized carbons (Fsp3) is 0.0625. The van der Waals surface area contributed by atoms with Gasteiger partial charge in [-0.05, 0) is 36.2 Å². The molecule has 0 radical (unpaired) electrons. The first kappa shape index (κ1) is 12.8. The molecule has 0 aliphatic carbocycles. The molecule has 0 amide bonds. The highest BCUT2D eigenvalue weighted by atomic mass is 35.5. The Kier molecular flexibility index (Phi) is 2.99. The van der Waals surface area contributed by atoms with E-state index in [0.29, 0.717) is 10.7 Å². The lowest BCUT2D eigenvalue weighted by Gasteiger charge is -2.08. The first-order valence-corrected chi connectivity index (χ1v) is 6.61. The summed E-state index contributed by atoms with van der Waals surface area (Å²) >= 11 is 6.23. The smallest absolute Gasteiger partial charge is 0.248 e. The molecular weight excluding hydrogens is 272 g/mol. The molecule has 2 aromatic carbocycles. The average molecular weight is 285 g/mol. The number of rotatable bonds is 1. The number of benzene rings is 2. The van der Waals surface area contributed by atoms with Gasteiger partial charge in [-0.1, -0.05) is 29.8 Å². The zero-order chi connectivity index (χ0) is 14.3. The third-order valence-corrected chi connectivity index (χ3v) is 3.67. The second-order valence-corrected chi connectivity index (χ2v) is 5.22. The van der Waals surface area contributed by atoms with E-state index < -0.39 is 0 Å². The minimum atomic E-state index is -0.101. The summed E-state index contributed by atoms with van der Waals surface area (Å²) in [5.74, 6) is 0. The van der Waals surface area contributed by atoms with Gasteiger partial charge in [0.1, 0.15) is 0 Å². The Morgan fingerprint density at radius 2 is 1.90 bits per heavy atom. The van der Waals surface area contributed by atoms with Crippen LogP contribution in [0.15, 0.2) is 47.3 Å². The summed E-state index contributed by atoms with van der Waals surface area (Å²) in [6.07, 6.45) is 0. The van der Waals surface area contributed by atoms with Crippen LogP contribution in [0.2, 0.25) is 5.02 Å². The molecule has 0 fully saturated rings. The van der Waals surface area contributed by atoms with E-state index in [-0.39, 0.29) is 5.56 Å². The number of nitrogen functional groups attached to an aromatic ring is 1. The number of nitrogens with one attached hydrogen (secondary N) is 1. The number of halogens is 1. The van der Waals surface area contributed by atoms with Crippen LogP contribution in [0.25, 0.3) is 22.0 Å². The van der Waals surface area contributed by atoms with Gasteiger partial charge in [0, 0.05) is 28.2 Å². The van der Waals surface area contributed by atoms with E-state index in [1.807, 2.05) is 37.3 Å². The highest BCUT2D eigenvalue weighted by molar-refractivity contribution is 6.33. The van der Waals surface area contributed by atoms with Crippen LogP contribution in [-0.4, -0.2) is 4.98 Å². The van der Waals surface area contributed by atoms with Crippen LogP contribution in [0, 0.1) is 6.92 Å². The monoisotopic (exact) mass is 284 g/mol. The summed E-state index contributed by atoms with van der Waals surface area (Å²) in [5.41, 5.74) is 9.84. The number of fused-ring (bicyclic) bond motifs is 1. The van der Waals surface area contributed by atoms with Crippen molar-refractivity contribution in [3.8, 4) is 11.1 Å². The molecule has 0 saturated heterocycles. The number of anilines is 1. The largest absolute Gasteiger partial charge is 0.399 e. The summed E-state index contributed by atoms with van der Waals surface area (Å²) in [5, 5.41) is 1.62. The van der Waals surface area contributed by atoms with Gasteiger partial charge in [0.2, 0.25) is 5.56 Å². The first-order valence-electron chi connectivity index (χ1n) is 6.24. The second kappa shape index (κ2) is 4.69. The van der Waals surface area contributed by atoms with Gasteiger partial charge in [0.05, 0.1) is 5.02 Å². The van der Waals surface area contributed by atoms with E-state index in [1.165, 1.54) is 0 Å². The number of aromatic nitrogens is 1. The van der Waals surface area contributed by atoms with Gasteiger partial charge in [-0.2, -0.15) is 0 Å². The Morgan fingerprint density at radius 3 is 2.65 bits per heavy atom. The third kappa shape index (κ3) is 2.17. The van der Waals surface area contributed by atoms with Crippen LogP contribution in [0.5, 0.6) is 0 Å². The van der Waals surface area contributed by atoms with Gasteiger partial charge < -0.3 is 10.7 Å². The van der Waals surface area contributed by atoms with Crippen LogP contribution >= 0.6 is 11.6 Å². The van der Waals surface area contributed by atoms with Crippen molar-refractivity contribution < 1.29 is 0 Å². The second-order valence-electron chi connectivity index (χ2n) is 4.82. The Morgan fingerprint density at radius 1 is 1.10 bits per heavy atom. The van der Waals surface area contributed by atoms with Gasteiger partial charge in [0.15, 0.2) is 0 Å². The lowest BCUT2D eigenvalue weighted by Crippen LogP contribution is -2.04. The summed E-state index contributed by atoms with van der Waals surface area (Å²) in [7, 11) is 0. The van der Waals surface area contributed by atoms with Gasteiger partial charge in [-0.3, -0.25) is 4.79 Å². The lowest BCUT2D eigenvalue weighted by molar-refractivity contribution is 1.28. The van der Waals surface area contributed by atoms with E-state index in [0.717, 1.165) is 27.6 Å². The average Bonchev–Trinajstić information content (AvgIpc) is 2.37. The summed E-state index contributed by atoms with van der Waals surface area (Å²) in [6.45, 7) is 1.92. The number of H-pyrrole nitrogens is 1. The molecule has 0 aliphatic heterocycles. The number of hydrogen-bond acceptors (Lipinski definition) is 2. The van der Waals surface area contributed by atoms with Crippen molar-refractivity contribution in [3.63, 3.8) is 0 Å². The molecule has 0 bridgehead atoms. The summed E-state index contributed by atoms with van der Waals surface area (Å²) < 4.78 is 0. The summed E-state index contributed by atoms with van der Waals surface area (Å²) in [6, 6.07) is 12.9. The molecule has 0 saturated carbocycles. The summed E-state index contributed by atoms with van der Waals surface area (Å²) in [4.78, 5) is 14.4. The molecule has 0 atom stereocenters. The van der Waals surface area contributed by atoms with Crippen molar-refractivity contribution in [2.45, 2.75) is 6.92 Å². The predicted molar refractivity (Wildman–Crippen MR) is 84.2 cm³/mol. The van der Waals surface area contributed by atoms with E-state index in [4.69, 9.17) is 17.3 Å². The lowest BCUT2D eigenvalue weighted by atomic mass is 10.0. The number of pyridine rings is 1. The Bertz CT molecular complexity index is 868. The highest BCUT2D eigenvalue weighted by Gasteiger charge is 2.06. The van der Waals surface area contributed by atoms with Crippen molar-refractivity contribution in [3.05, 3.63) is 63.4 Å². The van der Waals surface area contributed by atoms with Crippen molar-refractivity contribution in [1.82, 2.24) is 4.98 Å². The van der Waals surface area contributed by atoms with Gasteiger partial charge in [-0.15, -0.1) is 0 Å². The van der Waals surface area contributed by atoms with Crippen LogP contribution in [0.1, 0.15) is 5.56 Å². The highest BCUT2D eigenvalue weighted by Crippen LogP contribution is 2.31. The zero-order valence-electron chi connectivity index (χ0n) is 10.9. The third-order valence-electron chi connectivity index (χ3n) is 3.35. The van der Waals surface area contributed by atoms with Crippen molar-refractivity contribution in [2.24, 2.45) is 0 Å². The molecule has 1 heterocycles. The van der Waals surface area contributed by atoms with Crippen molar-refractivity contribution in [2.75, 3.05) is 5.73 Å². The molecule has 3 aromatic rings. The maximum absolute atomic E-state index is 11.6. The fourth-order valence-corrected chi connectivity index (χ4v) is 2.67. The number of aryl methyl sites for hydroxylation is 1. The Labute approximate surface area is 121 Å². The molecule has 0 unspecified atom stereocenters. The van der Waals surface area contributed by atoms with Crippen LogP contribution in [-0.2, 0) is 0 Å². The van der Waals surface area contributed by atoms with Crippen molar-refractivity contribution >= 4 is 28.2 Å². The molecule has 3 nitrogen and oxygen atoms in total. The van der Waals surface area contributed by atoms with E-state index in [1.54, 1.807) is 12.1 Å². The Hall–Kier alpha value is -2.26. The minimum Gasteiger partial charge on any atom is -0.399 e. The van der Waals surface area contributed by atoms with E-state index in [2.05, 4.69) is 4.98 Å². The number of nitrogens with two attached hydrogens (primary N) is 1.